The summed E-state index contributed by atoms with van der Waals surface area (Å²) in [6.45, 7) is 4.23. The highest BCUT2D eigenvalue weighted by molar-refractivity contribution is 5.81. The molecule has 0 aromatic heterocycles. The molecule has 1 saturated heterocycles. The Morgan fingerprint density at radius 3 is 2.52 bits per heavy atom. The van der Waals surface area contributed by atoms with Gasteiger partial charge in [-0.25, -0.2) is 0 Å². The lowest BCUT2D eigenvalue weighted by Crippen LogP contribution is -2.46. The molecular weight excluding hydrogens is 414 g/mol. The number of aryl methyl sites for hydroxylation is 1. The number of piperidine rings is 1. The molecular formula is C27H37N3O3. The molecule has 178 valence electrons. The van der Waals surface area contributed by atoms with Crippen LogP contribution in [0.3, 0.4) is 0 Å². The fourth-order valence-electron chi connectivity index (χ4n) is 4.26. The topological polar surface area (TPSA) is 61.9 Å². The van der Waals surface area contributed by atoms with Crippen LogP contribution in [-0.4, -0.2) is 62.0 Å². The fraction of sp³-hybridized carbons (Fsp3) is 0.481. The van der Waals surface area contributed by atoms with Gasteiger partial charge in [-0.3, -0.25) is 9.59 Å². The molecule has 6 heteroatoms. The minimum atomic E-state index is -0.164. The molecule has 2 atom stereocenters. The van der Waals surface area contributed by atoms with Crippen LogP contribution in [0.4, 0.5) is 0 Å². The Morgan fingerprint density at radius 2 is 1.85 bits per heavy atom. The molecule has 0 bridgehead atoms. The van der Waals surface area contributed by atoms with Gasteiger partial charge in [0.25, 0.3) is 0 Å². The largest absolute Gasteiger partial charge is 0.493 e. The van der Waals surface area contributed by atoms with Gasteiger partial charge in [0.05, 0.1) is 25.0 Å². The summed E-state index contributed by atoms with van der Waals surface area (Å²) in [6.07, 6.45) is 2.99. The summed E-state index contributed by atoms with van der Waals surface area (Å²) in [5, 5.41) is 3.14. The summed E-state index contributed by atoms with van der Waals surface area (Å²) in [4.78, 5) is 29.5. The summed E-state index contributed by atoms with van der Waals surface area (Å²) in [7, 11) is 4.06. The molecule has 6 nitrogen and oxygen atoms in total. The zero-order valence-corrected chi connectivity index (χ0v) is 20.1. The third kappa shape index (κ3) is 7.32. The van der Waals surface area contributed by atoms with E-state index in [2.05, 4.69) is 41.4 Å². The Balaban J connectivity index is 1.48. The highest BCUT2D eigenvalue weighted by atomic mass is 16.5. The average molecular weight is 452 g/mol. The summed E-state index contributed by atoms with van der Waals surface area (Å²) >= 11 is 0. The molecule has 1 fully saturated rings. The number of carbonyl (C=O) groups excluding carboxylic acids is 2. The van der Waals surface area contributed by atoms with Crippen LogP contribution in [0.1, 0.15) is 43.4 Å². The number of benzene rings is 2. The zero-order chi connectivity index (χ0) is 23.6. The fourth-order valence-corrected chi connectivity index (χ4v) is 4.26. The van der Waals surface area contributed by atoms with Crippen LogP contribution in [-0.2, 0) is 16.0 Å². The lowest BCUT2D eigenvalue weighted by Gasteiger charge is -2.33. The van der Waals surface area contributed by atoms with Crippen molar-refractivity contribution in [1.82, 2.24) is 15.1 Å². The van der Waals surface area contributed by atoms with Crippen molar-refractivity contribution in [3.63, 3.8) is 0 Å². The number of ether oxygens (including phenoxy) is 1. The van der Waals surface area contributed by atoms with E-state index in [1.165, 1.54) is 11.1 Å². The second kappa shape index (κ2) is 12.4. The van der Waals surface area contributed by atoms with Gasteiger partial charge in [0.15, 0.2) is 0 Å². The third-order valence-corrected chi connectivity index (χ3v) is 6.34. The summed E-state index contributed by atoms with van der Waals surface area (Å²) in [5.41, 5.74) is 2.50. The molecule has 2 aromatic carbocycles. The predicted octanol–water partition coefficient (Wildman–Crippen LogP) is 3.68. The van der Waals surface area contributed by atoms with Crippen molar-refractivity contribution in [2.24, 2.45) is 5.92 Å². The Morgan fingerprint density at radius 1 is 1.12 bits per heavy atom. The standard InChI is InChI=1S/C27H37N3O3/c1-4-21-12-14-22(15-13-21)25(29(2)3)19-28-27(32)23-9-8-17-30(20-23)26(31)16-18-33-24-10-6-5-7-11-24/h5-7,10-15,23,25H,4,8-9,16-20H2,1-3H3,(H,28,32). The zero-order valence-electron chi connectivity index (χ0n) is 20.1. The van der Waals surface area contributed by atoms with Crippen LogP contribution < -0.4 is 10.1 Å². The van der Waals surface area contributed by atoms with Crippen molar-refractivity contribution in [3.8, 4) is 5.75 Å². The van der Waals surface area contributed by atoms with Gasteiger partial charge in [-0.2, -0.15) is 0 Å². The van der Waals surface area contributed by atoms with E-state index >= 15 is 0 Å². The maximum atomic E-state index is 12.9. The van der Waals surface area contributed by atoms with Gasteiger partial charge in [-0.05, 0) is 56.6 Å². The molecule has 1 aliphatic heterocycles. The second-order valence-corrected chi connectivity index (χ2v) is 8.91. The molecule has 0 aliphatic carbocycles. The Kier molecular flexibility index (Phi) is 9.31. The first-order valence-electron chi connectivity index (χ1n) is 12.0. The number of amides is 2. The molecule has 33 heavy (non-hydrogen) atoms. The van der Waals surface area contributed by atoms with Gasteiger partial charge in [0.1, 0.15) is 5.75 Å². The summed E-state index contributed by atoms with van der Waals surface area (Å²) in [6, 6.07) is 18.2. The van der Waals surface area contributed by atoms with Gasteiger partial charge in [0.2, 0.25) is 11.8 Å². The molecule has 3 rings (SSSR count). The van der Waals surface area contributed by atoms with Crippen LogP contribution in [0, 0.1) is 5.92 Å². The van der Waals surface area contributed by atoms with E-state index in [1.807, 2.05) is 49.3 Å². The predicted molar refractivity (Wildman–Crippen MR) is 131 cm³/mol. The number of likely N-dealkylation sites (tertiary alicyclic amines) is 1. The van der Waals surface area contributed by atoms with Crippen LogP contribution in [0.2, 0.25) is 0 Å². The molecule has 0 radical (unpaired) electrons. The highest BCUT2D eigenvalue weighted by Gasteiger charge is 2.29. The molecule has 0 saturated carbocycles. The van der Waals surface area contributed by atoms with Gasteiger partial charge in [-0.15, -0.1) is 0 Å². The Labute approximate surface area is 197 Å². The molecule has 1 aliphatic rings. The van der Waals surface area contributed by atoms with Crippen molar-refractivity contribution in [1.29, 1.82) is 0 Å². The van der Waals surface area contributed by atoms with E-state index in [4.69, 9.17) is 4.74 Å². The molecule has 1 heterocycles. The van der Waals surface area contributed by atoms with E-state index in [1.54, 1.807) is 0 Å². The van der Waals surface area contributed by atoms with Gasteiger partial charge in [-0.1, -0.05) is 49.4 Å². The van der Waals surface area contributed by atoms with Crippen LogP contribution in [0.25, 0.3) is 0 Å². The van der Waals surface area contributed by atoms with Gasteiger partial charge in [0, 0.05) is 19.6 Å². The lowest BCUT2D eigenvalue weighted by atomic mass is 9.96. The normalized spacial score (nSPS) is 17.0. The van der Waals surface area contributed by atoms with E-state index in [-0.39, 0.29) is 23.8 Å². The molecule has 2 aromatic rings. The lowest BCUT2D eigenvalue weighted by molar-refractivity contribution is -0.136. The minimum absolute atomic E-state index is 0.0325. The van der Waals surface area contributed by atoms with Crippen molar-refractivity contribution >= 4 is 11.8 Å². The monoisotopic (exact) mass is 451 g/mol. The first kappa shape index (κ1) is 24.8. The molecule has 2 unspecified atom stereocenters. The summed E-state index contributed by atoms with van der Waals surface area (Å²) < 4.78 is 5.65. The van der Waals surface area contributed by atoms with E-state index in [9.17, 15) is 9.59 Å². The van der Waals surface area contributed by atoms with Crippen molar-refractivity contribution in [2.75, 3.05) is 40.3 Å². The number of hydrogen-bond donors (Lipinski definition) is 1. The van der Waals surface area contributed by atoms with Crippen molar-refractivity contribution < 1.29 is 14.3 Å². The van der Waals surface area contributed by atoms with E-state index in [0.717, 1.165) is 25.0 Å². The number of nitrogens with zero attached hydrogens (tertiary/aromatic N) is 2. The van der Waals surface area contributed by atoms with Crippen LogP contribution in [0.5, 0.6) is 5.75 Å². The van der Waals surface area contributed by atoms with E-state index < -0.39 is 0 Å². The van der Waals surface area contributed by atoms with Gasteiger partial charge >= 0.3 is 0 Å². The smallest absolute Gasteiger partial charge is 0.226 e. The quantitative estimate of drug-likeness (QED) is 0.599. The minimum Gasteiger partial charge on any atom is -0.493 e. The summed E-state index contributed by atoms with van der Waals surface area (Å²) in [5.74, 6) is 0.680. The van der Waals surface area contributed by atoms with Crippen molar-refractivity contribution in [3.05, 3.63) is 65.7 Å². The first-order chi connectivity index (χ1) is 16.0. The SMILES string of the molecule is CCc1ccc(C(CNC(=O)C2CCCN(C(=O)CCOc3ccccc3)C2)N(C)C)cc1. The van der Waals surface area contributed by atoms with Crippen LogP contribution in [0.15, 0.2) is 54.6 Å². The maximum absolute atomic E-state index is 12.9. The number of carbonyl (C=O) groups is 2. The Hall–Kier alpha value is -2.86. The number of nitrogens with one attached hydrogen (secondary N) is 1. The average Bonchev–Trinajstić information content (AvgIpc) is 2.85. The van der Waals surface area contributed by atoms with Crippen molar-refractivity contribution in [2.45, 2.75) is 38.6 Å². The third-order valence-electron chi connectivity index (χ3n) is 6.34. The van der Waals surface area contributed by atoms with Crippen LogP contribution >= 0.6 is 0 Å². The molecule has 2 amide bonds. The second-order valence-electron chi connectivity index (χ2n) is 8.91. The van der Waals surface area contributed by atoms with E-state index in [0.29, 0.717) is 32.7 Å². The number of likely N-dealkylation sites (N-methyl/N-ethyl adjacent to an activating group) is 1. The number of rotatable bonds is 10. The first-order valence-corrected chi connectivity index (χ1v) is 12.0. The highest BCUT2D eigenvalue weighted by Crippen LogP contribution is 2.21. The Bertz CT molecular complexity index is 883. The number of para-hydroxylation sites is 1. The number of hydrogen-bond acceptors (Lipinski definition) is 4. The van der Waals surface area contributed by atoms with Gasteiger partial charge < -0.3 is 19.9 Å². The maximum Gasteiger partial charge on any atom is 0.226 e. The molecule has 0 spiro atoms. The molecule has 1 N–H and O–H groups in total.